The van der Waals surface area contributed by atoms with Crippen molar-refractivity contribution >= 4 is 17.6 Å². The lowest BCUT2D eigenvalue weighted by Gasteiger charge is -2.21. The van der Waals surface area contributed by atoms with E-state index in [1.807, 2.05) is 0 Å². The lowest BCUT2D eigenvalue weighted by Crippen LogP contribution is -2.38. The fourth-order valence-corrected chi connectivity index (χ4v) is 2.10. The minimum Gasteiger partial charge on any atom is -0.496 e. The Morgan fingerprint density at radius 2 is 2.09 bits per heavy atom. The van der Waals surface area contributed by atoms with Gasteiger partial charge in [-0.1, -0.05) is 17.3 Å². The van der Waals surface area contributed by atoms with E-state index in [-0.39, 0.29) is 18.4 Å². The van der Waals surface area contributed by atoms with Gasteiger partial charge in [-0.15, -0.1) is 0 Å². The molecule has 0 saturated carbocycles. The number of nitrogens with one attached hydrogen (secondary N) is 1. The maximum absolute atomic E-state index is 12.6. The number of likely N-dealkylation sites (N-methyl/N-ethyl adjacent to an activating group) is 1. The molecule has 0 fully saturated rings. The second-order valence-corrected chi connectivity index (χ2v) is 4.89. The normalized spacial score (nSPS) is 10.2. The Labute approximate surface area is 134 Å². The highest BCUT2D eigenvalue weighted by Crippen LogP contribution is 2.19. The molecule has 7 nitrogen and oxygen atoms in total. The number of amides is 2. The van der Waals surface area contributed by atoms with E-state index in [2.05, 4.69) is 10.5 Å². The van der Waals surface area contributed by atoms with E-state index in [1.165, 1.54) is 12.0 Å². The standard InChI is InChI=1S/C16H19N3O4/c1-4-19(10-15(20)17-14-9-11(2)23-18-14)16(21)12-7-5-6-8-13(12)22-3/h5-9H,4,10H2,1-3H3,(H,17,18,20). The molecule has 0 spiro atoms. The number of para-hydroxylation sites is 1. The first-order valence-corrected chi connectivity index (χ1v) is 7.20. The van der Waals surface area contributed by atoms with Gasteiger partial charge in [0.15, 0.2) is 5.82 Å². The van der Waals surface area contributed by atoms with Gasteiger partial charge in [-0.25, -0.2) is 0 Å². The second kappa shape index (κ2) is 7.44. The van der Waals surface area contributed by atoms with E-state index in [4.69, 9.17) is 9.26 Å². The Morgan fingerprint density at radius 3 is 2.70 bits per heavy atom. The van der Waals surface area contributed by atoms with Crippen molar-refractivity contribution in [2.75, 3.05) is 25.5 Å². The van der Waals surface area contributed by atoms with Crippen molar-refractivity contribution in [3.8, 4) is 5.75 Å². The summed E-state index contributed by atoms with van der Waals surface area (Å²) in [6.07, 6.45) is 0. The van der Waals surface area contributed by atoms with E-state index >= 15 is 0 Å². The second-order valence-electron chi connectivity index (χ2n) is 4.89. The molecular weight excluding hydrogens is 298 g/mol. The molecule has 2 amide bonds. The summed E-state index contributed by atoms with van der Waals surface area (Å²) in [5, 5.41) is 6.28. The van der Waals surface area contributed by atoms with Gasteiger partial charge >= 0.3 is 0 Å². The van der Waals surface area contributed by atoms with E-state index < -0.39 is 0 Å². The molecule has 1 aromatic carbocycles. The van der Waals surface area contributed by atoms with Crippen LogP contribution in [0.5, 0.6) is 5.75 Å². The first kappa shape index (κ1) is 16.5. The predicted molar refractivity (Wildman–Crippen MR) is 84.4 cm³/mol. The highest BCUT2D eigenvalue weighted by molar-refractivity contribution is 6.00. The fraction of sp³-hybridized carbons (Fsp3) is 0.312. The van der Waals surface area contributed by atoms with Crippen molar-refractivity contribution in [2.24, 2.45) is 0 Å². The summed E-state index contributed by atoms with van der Waals surface area (Å²) in [6.45, 7) is 3.84. The molecule has 2 rings (SSSR count). The van der Waals surface area contributed by atoms with Crippen LogP contribution in [-0.2, 0) is 4.79 Å². The molecule has 0 aliphatic carbocycles. The van der Waals surface area contributed by atoms with Gasteiger partial charge in [-0.05, 0) is 26.0 Å². The molecule has 23 heavy (non-hydrogen) atoms. The van der Waals surface area contributed by atoms with Crippen molar-refractivity contribution in [3.63, 3.8) is 0 Å². The number of carbonyl (C=O) groups is 2. The number of nitrogens with zero attached hydrogens (tertiary/aromatic N) is 2. The summed E-state index contributed by atoms with van der Waals surface area (Å²) in [6, 6.07) is 8.52. The van der Waals surface area contributed by atoms with Crippen LogP contribution in [0.25, 0.3) is 0 Å². The van der Waals surface area contributed by atoms with Crippen molar-refractivity contribution in [3.05, 3.63) is 41.7 Å². The molecular formula is C16H19N3O4. The van der Waals surface area contributed by atoms with Crippen molar-refractivity contribution < 1.29 is 18.8 Å². The Hall–Kier alpha value is -2.83. The summed E-state index contributed by atoms with van der Waals surface area (Å²) in [4.78, 5) is 26.1. The number of ether oxygens (including phenoxy) is 1. The van der Waals surface area contributed by atoms with Gasteiger partial charge in [0.25, 0.3) is 5.91 Å². The van der Waals surface area contributed by atoms with Crippen molar-refractivity contribution in [2.45, 2.75) is 13.8 Å². The van der Waals surface area contributed by atoms with Crippen LogP contribution in [0.3, 0.4) is 0 Å². The van der Waals surface area contributed by atoms with E-state index in [0.29, 0.717) is 29.4 Å². The van der Waals surface area contributed by atoms with Crippen LogP contribution in [0, 0.1) is 6.92 Å². The average molecular weight is 317 g/mol. The Kier molecular flexibility index (Phi) is 5.35. The maximum atomic E-state index is 12.6. The highest BCUT2D eigenvalue weighted by atomic mass is 16.5. The lowest BCUT2D eigenvalue weighted by atomic mass is 10.1. The number of aromatic nitrogens is 1. The molecule has 0 saturated heterocycles. The molecule has 2 aromatic rings. The number of hydrogen-bond acceptors (Lipinski definition) is 5. The number of hydrogen-bond donors (Lipinski definition) is 1. The summed E-state index contributed by atoms with van der Waals surface area (Å²) in [7, 11) is 1.50. The van der Waals surface area contributed by atoms with Crippen LogP contribution in [-0.4, -0.2) is 42.1 Å². The number of methoxy groups -OCH3 is 1. The lowest BCUT2D eigenvalue weighted by molar-refractivity contribution is -0.116. The van der Waals surface area contributed by atoms with Crippen LogP contribution in [0.1, 0.15) is 23.0 Å². The molecule has 1 N–H and O–H groups in total. The van der Waals surface area contributed by atoms with Crippen molar-refractivity contribution in [1.82, 2.24) is 10.1 Å². The Morgan fingerprint density at radius 1 is 1.35 bits per heavy atom. The summed E-state index contributed by atoms with van der Waals surface area (Å²) < 4.78 is 10.1. The summed E-state index contributed by atoms with van der Waals surface area (Å²) in [5.74, 6) is 0.786. The van der Waals surface area contributed by atoms with Gasteiger partial charge in [-0.2, -0.15) is 0 Å². The van der Waals surface area contributed by atoms with Gasteiger partial charge < -0.3 is 19.5 Å². The van der Waals surface area contributed by atoms with Crippen LogP contribution >= 0.6 is 0 Å². The van der Waals surface area contributed by atoms with Crippen LogP contribution in [0.15, 0.2) is 34.9 Å². The highest BCUT2D eigenvalue weighted by Gasteiger charge is 2.20. The van der Waals surface area contributed by atoms with Crippen LogP contribution in [0.2, 0.25) is 0 Å². The summed E-state index contributed by atoms with van der Waals surface area (Å²) >= 11 is 0. The molecule has 0 aliphatic heterocycles. The first-order chi connectivity index (χ1) is 11.0. The van der Waals surface area contributed by atoms with Crippen LogP contribution in [0.4, 0.5) is 5.82 Å². The minimum absolute atomic E-state index is 0.0840. The van der Waals surface area contributed by atoms with Gasteiger partial charge in [0.2, 0.25) is 5.91 Å². The molecule has 0 atom stereocenters. The number of aryl methyl sites for hydroxylation is 1. The molecule has 0 radical (unpaired) electrons. The van der Waals surface area contributed by atoms with Crippen LogP contribution < -0.4 is 10.1 Å². The van der Waals surface area contributed by atoms with Crippen molar-refractivity contribution in [1.29, 1.82) is 0 Å². The zero-order valence-corrected chi connectivity index (χ0v) is 13.3. The molecule has 7 heteroatoms. The number of anilines is 1. The first-order valence-electron chi connectivity index (χ1n) is 7.20. The molecule has 122 valence electrons. The third-order valence-electron chi connectivity index (χ3n) is 3.24. The number of benzene rings is 1. The smallest absolute Gasteiger partial charge is 0.258 e. The van der Waals surface area contributed by atoms with E-state index in [1.54, 1.807) is 44.2 Å². The molecule has 0 bridgehead atoms. The third kappa shape index (κ3) is 4.09. The molecule has 0 aliphatic rings. The predicted octanol–water partition coefficient (Wildman–Crippen LogP) is 2.09. The largest absolute Gasteiger partial charge is 0.496 e. The SMILES string of the molecule is CCN(CC(=O)Nc1cc(C)on1)C(=O)c1ccccc1OC. The van der Waals surface area contributed by atoms with Gasteiger partial charge in [0.1, 0.15) is 18.1 Å². The fourth-order valence-electron chi connectivity index (χ4n) is 2.10. The molecule has 1 heterocycles. The van der Waals surface area contributed by atoms with E-state index in [0.717, 1.165) is 0 Å². The monoisotopic (exact) mass is 317 g/mol. The minimum atomic E-state index is -0.344. The number of carbonyl (C=O) groups excluding carboxylic acids is 2. The quantitative estimate of drug-likeness (QED) is 0.882. The number of rotatable bonds is 6. The Balaban J connectivity index is 2.06. The summed E-state index contributed by atoms with van der Waals surface area (Å²) in [5.41, 5.74) is 0.418. The van der Waals surface area contributed by atoms with Gasteiger partial charge in [-0.3, -0.25) is 9.59 Å². The van der Waals surface area contributed by atoms with Gasteiger partial charge in [0.05, 0.1) is 12.7 Å². The zero-order chi connectivity index (χ0) is 16.8. The topological polar surface area (TPSA) is 84.7 Å². The zero-order valence-electron chi connectivity index (χ0n) is 13.3. The third-order valence-corrected chi connectivity index (χ3v) is 3.24. The molecule has 1 aromatic heterocycles. The van der Waals surface area contributed by atoms with Gasteiger partial charge in [0, 0.05) is 12.6 Å². The van der Waals surface area contributed by atoms with E-state index in [9.17, 15) is 9.59 Å². The Bertz CT molecular complexity index is 696. The maximum Gasteiger partial charge on any atom is 0.258 e. The molecule has 0 unspecified atom stereocenters. The average Bonchev–Trinajstić information content (AvgIpc) is 2.96.